The fourth-order valence-corrected chi connectivity index (χ4v) is 3.34. The van der Waals surface area contributed by atoms with Crippen molar-refractivity contribution in [2.45, 2.75) is 33.2 Å². The molecule has 0 bridgehead atoms. The van der Waals surface area contributed by atoms with Gasteiger partial charge in [0, 0.05) is 0 Å². The van der Waals surface area contributed by atoms with E-state index in [9.17, 15) is 9.59 Å². The summed E-state index contributed by atoms with van der Waals surface area (Å²) in [4.78, 5) is 25.5. The van der Waals surface area contributed by atoms with Crippen LogP contribution in [0.15, 0.2) is 4.63 Å². The van der Waals surface area contributed by atoms with Crippen molar-refractivity contribution in [2.75, 3.05) is 32.0 Å². The zero-order valence-corrected chi connectivity index (χ0v) is 15.9. The molecule has 0 amide bonds. The van der Waals surface area contributed by atoms with E-state index < -0.39 is 5.97 Å². The first kappa shape index (κ1) is 19.7. The van der Waals surface area contributed by atoms with Gasteiger partial charge >= 0.3 is 11.9 Å². The van der Waals surface area contributed by atoms with E-state index >= 15 is 0 Å². The molecule has 2 aromatic rings. The lowest BCUT2D eigenvalue weighted by Crippen LogP contribution is -3.12. The third kappa shape index (κ3) is 4.11. The molecular weight excluding hydrogens is 370 g/mol. The van der Waals surface area contributed by atoms with Crippen molar-refractivity contribution in [3.8, 4) is 5.82 Å². The maximum atomic E-state index is 12.3. The molecule has 0 saturated carbocycles. The van der Waals surface area contributed by atoms with Gasteiger partial charge in [-0.15, -0.1) is 5.10 Å². The molecule has 3 heterocycles. The highest BCUT2D eigenvalue weighted by molar-refractivity contribution is 5.88. The van der Waals surface area contributed by atoms with Crippen molar-refractivity contribution in [1.29, 1.82) is 0 Å². The Morgan fingerprint density at radius 1 is 1.29 bits per heavy atom. The van der Waals surface area contributed by atoms with Gasteiger partial charge in [-0.2, -0.15) is 4.68 Å². The molecule has 12 heteroatoms. The van der Waals surface area contributed by atoms with E-state index in [0.717, 1.165) is 24.3 Å². The molecule has 0 radical (unpaired) electrons. The molecule has 152 valence electrons. The highest BCUT2D eigenvalue weighted by Gasteiger charge is 2.33. The third-order valence-corrected chi connectivity index (χ3v) is 4.58. The third-order valence-electron chi connectivity index (χ3n) is 4.58. The molecule has 1 saturated heterocycles. The van der Waals surface area contributed by atoms with Gasteiger partial charge in [-0.05, 0) is 37.0 Å². The van der Waals surface area contributed by atoms with Crippen LogP contribution in [-0.4, -0.2) is 63.5 Å². The average Bonchev–Trinajstić information content (AvgIpc) is 3.28. The molecule has 1 unspecified atom stereocenters. The average molecular weight is 394 g/mol. The molecule has 1 aliphatic heterocycles. The molecular formula is C16H24N7O5+. The van der Waals surface area contributed by atoms with Gasteiger partial charge in [0.1, 0.15) is 18.2 Å². The highest BCUT2D eigenvalue weighted by atomic mass is 16.6. The van der Waals surface area contributed by atoms with Gasteiger partial charge in [0.15, 0.2) is 5.69 Å². The maximum absolute atomic E-state index is 12.3. The summed E-state index contributed by atoms with van der Waals surface area (Å²) in [5.74, 6) is -0.784. The Kier molecular flexibility index (Phi) is 6.19. The molecule has 2 atom stereocenters. The number of piperidine rings is 1. The topological polar surface area (TPSA) is 153 Å². The van der Waals surface area contributed by atoms with Gasteiger partial charge in [0.2, 0.25) is 11.6 Å². The van der Waals surface area contributed by atoms with Crippen LogP contribution in [-0.2, 0) is 20.8 Å². The molecule has 0 spiro atoms. The lowest BCUT2D eigenvalue weighted by Gasteiger charge is -2.28. The van der Waals surface area contributed by atoms with Gasteiger partial charge in [0.25, 0.3) is 0 Å². The summed E-state index contributed by atoms with van der Waals surface area (Å²) in [5, 5.41) is 15.2. The molecule has 12 nitrogen and oxygen atoms in total. The number of hydrogen-bond acceptors (Lipinski definition) is 10. The number of carbonyl (C=O) groups is 2. The van der Waals surface area contributed by atoms with Crippen molar-refractivity contribution in [3.05, 3.63) is 11.4 Å². The quantitative estimate of drug-likeness (QED) is 0.546. The first-order valence-electron chi connectivity index (χ1n) is 9.25. The number of nitrogens with two attached hydrogens (primary N) is 1. The lowest BCUT2D eigenvalue weighted by molar-refractivity contribution is -0.921. The number of hydrogen-bond donors (Lipinski definition) is 2. The first-order valence-corrected chi connectivity index (χ1v) is 9.25. The normalized spacial score (nSPS) is 19.4. The van der Waals surface area contributed by atoms with Crippen LogP contribution < -0.4 is 10.6 Å². The van der Waals surface area contributed by atoms with E-state index in [1.165, 1.54) is 4.68 Å². The van der Waals surface area contributed by atoms with Crippen LogP contribution in [0, 0.1) is 5.92 Å². The zero-order chi connectivity index (χ0) is 20.1. The monoisotopic (exact) mass is 394 g/mol. The van der Waals surface area contributed by atoms with E-state index in [-0.39, 0.29) is 35.8 Å². The number of carbonyl (C=O) groups excluding carboxylic acids is 2. The molecule has 0 aliphatic carbocycles. The second-order valence-corrected chi connectivity index (χ2v) is 6.46. The summed E-state index contributed by atoms with van der Waals surface area (Å²) in [7, 11) is 0. The second-order valence-electron chi connectivity index (χ2n) is 6.46. The van der Waals surface area contributed by atoms with Gasteiger partial charge < -0.3 is 20.1 Å². The van der Waals surface area contributed by atoms with Crippen molar-refractivity contribution in [2.24, 2.45) is 5.92 Å². The molecule has 3 N–H and O–H groups in total. The number of rotatable bonds is 7. The standard InChI is InChI=1S/C16H23N7O5/c1-3-26-15(24)10-6-5-7-22(8-10)9-11-12(16(25)27-4-2)18-21-23(11)14-13(17)19-28-20-14/h10H,3-9H2,1-2H3,(H2,17,19)/p+1/t10-/m0/s1. The van der Waals surface area contributed by atoms with Crippen molar-refractivity contribution in [1.82, 2.24) is 25.3 Å². The van der Waals surface area contributed by atoms with Gasteiger partial charge in [-0.1, -0.05) is 5.21 Å². The maximum Gasteiger partial charge on any atom is 0.361 e. The van der Waals surface area contributed by atoms with Gasteiger partial charge in [-0.3, -0.25) is 4.79 Å². The van der Waals surface area contributed by atoms with E-state index in [1.807, 2.05) is 0 Å². The van der Waals surface area contributed by atoms with Crippen LogP contribution in [0.2, 0.25) is 0 Å². The Morgan fingerprint density at radius 3 is 2.75 bits per heavy atom. The Morgan fingerprint density at radius 2 is 2.07 bits per heavy atom. The predicted octanol–water partition coefficient (Wildman–Crippen LogP) is -1.23. The van der Waals surface area contributed by atoms with Gasteiger partial charge in [0.05, 0.1) is 26.3 Å². The van der Waals surface area contributed by atoms with Crippen LogP contribution in [0.5, 0.6) is 0 Å². The Labute approximate surface area is 160 Å². The Hall–Kier alpha value is -3.02. The van der Waals surface area contributed by atoms with E-state index in [4.69, 9.17) is 15.2 Å². The summed E-state index contributed by atoms with van der Waals surface area (Å²) >= 11 is 0. The molecule has 28 heavy (non-hydrogen) atoms. The predicted molar refractivity (Wildman–Crippen MR) is 93.3 cm³/mol. The molecule has 2 aromatic heterocycles. The Balaban J connectivity index is 1.87. The number of nitrogens with one attached hydrogen (secondary N) is 1. The van der Waals surface area contributed by atoms with E-state index in [1.54, 1.807) is 13.8 Å². The first-order chi connectivity index (χ1) is 13.5. The number of anilines is 1. The summed E-state index contributed by atoms with van der Waals surface area (Å²) in [5.41, 5.74) is 6.32. The number of nitrogens with zero attached hydrogens (tertiary/aromatic N) is 5. The minimum atomic E-state index is -0.586. The fourth-order valence-electron chi connectivity index (χ4n) is 3.34. The number of likely N-dealkylation sites (tertiary alicyclic amines) is 1. The summed E-state index contributed by atoms with van der Waals surface area (Å²) in [6.07, 6.45) is 1.65. The summed E-state index contributed by atoms with van der Waals surface area (Å²) in [6.45, 7) is 5.85. The number of nitrogen functional groups attached to an aromatic ring is 1. The molecule has 1 aliphatic rings. The minimum absolute atomic E-state index is 0.0274. The largest absolute Gasteiger partial charge is 0.466 e. The molecule has 3 rings (SSSR count). The van der Waals surface area contributed by atoms with Crippen LogP contribution in [0.1, 0.15) is 42.9 Å². The summed E-state index contributed by atoms with van der Waals surface area (Å²) < 4.78 is 16.2. The Bertz CT molecular complexity index is 833. The van der Waals surface area contributed by atoms with Crippen molar-refractivity contribution >= 4 is 17.8 Å². The lowest BCUT2D eigenvalue weighted by atomic mass is 9.98. The molecule has 0 aromatic carbocycles. The number of ether oxygens (including phenoxy) is 2. The van der Waals surface area contributed by atoms with Crippen LogP contribution in [0.3, 0.4) is 0 Å². The smallest absolute Gasteiger partial charge is 0.361 e. The van der Waals surface area contributed by atoms with Crippen LogP contribution in [0.25, 0.3) is 5.82 Å². The number of esters is 2. The highest BCUT2D eigenvalue weighted by Crippen LogP contribution is 2.17. The number of quaternary nitrogens is 1. The SMILES string of the molecule is CCOC(=O)c1nnn(-c2nonc2N)c1C[NH+]1CCC[C@H](C(=O)OCC)C1. The summed E-state index contributed by atoms with van der Waals surface area (Å²) in [6, 6.07) is 0. The zero-order valence-electron chi connectivity index (χ0n) is 15.9. The van der Waals surface area contributed by atoms with E-state index in [2.05, 4.69) is 25.3 Å². The van der Waals surface area contributed by atoms with Crippen molar-refractivity contribution < 1.29 is 28.6 Å². The van der Waals surface area contributed by atoms with Gasteiger partial charge in [-0.25, -0.2) is 9.42 Å². The van der Waals surface area contributed by atoms with Crippen molar-refractivity contribution in [3.63, 3.8) is 0 Å². The molecule has 1 fully saturated rings. The van der Waals surface area contributed by atoms with Crippen LogP contribution in [0.4, 0.5) is 5.82 Å². The second kappa shape index (κ2) is 8.78. The van der Waals surface area contributed by atoms with Crippen LogP contribution >= 0.6 is 0 Å². The number of aromatic nitrogens is 5. The fraction of sp³-hybridized carbons (Fsp3) is 0.625. The van der Waals surface area contributed by atoms with E-state index in [0.29, 0.717) is 25.4 Å². The minimum Gasteiger partial charge on any atom is -0.466 e.